The molecule has 1 aliphatic carbocycles. The Morgan fingerprint density at radius 3 is 2.50 bits per heavy atom. The number of rotatable bonds is 4. The molecule has 2 heterocycles. The first-order valence-electron chi connectivity index (χ1n) is 10.5. The van der Waals surface area contributed by atoms with Crippen molar-refractivity contribution in [3.63, 3.8) is 0 Å². The molecule has 1 N–H and O–H groups in total. The number of nitrogens with zero attached hydrogens (tertiary/aromatic N) is 3. The van der Waals surface area contributed by atoms with Crippen LogP contribution in [0.5, 0.6) is 0 Å². The minimum atomic E-state index is -0.406. The second kappa shape index (κ2) is 7.16. The summed E-state index contributed by atoms with van der Waals surface area (Å²) in [6.45, 7) is 0. The number of anilines is 1. The minimum Gasteiger partial charge on any atom is -0.440 e. The molecule has 1 saturated carbocycles. The molecule has 1 aliphatic rings. The molecule has 0 spiro atoms. The summed E-state index contributed by atoms with van der Waals surface area (Å²) in [7, 11) is 0. The van der Waals surface area contributed by atoms with Crippen LogP contribution in [0.2, 0.25) is 0 Å². The van der Waals surface area contributed by atoms with Gasteiger partial charge in [-0.25, -0.2) is 4.98 Å². The van der Waals surface area contributed by atoms with E-state index in [-0.39, 0.29) is 11.3 Å². The average molecular weight is 422 g/mol. The zero-order valence-corrected chi connectivity index (χ0v) is 17.0. The van der Waals surface area contributed by atoms with Gasteiger partial charge in [0, 0.05) is 17.0 Å². The van der Waals surface area contributed by atoms with Crippen LogP contribution < -0.4 is 10.9 Å². The van der Waals surface area contributed by atoms with Crippen molar-refractivity contribution in [3.05, 3.63) is 94.7 Å². The SMILES string of the molecule is O=C(Nc1ccc2oc(C3CC3)nc2c1)c1nn(-c2ccccc2)c(=O)c2ccccc12. The second-order valence-electron chi connectivity index (χ2n) is 7.91. The minimum absolute atomic E-state index is 0.169. The zero-order chi connectivity index (χ0) is 21.7. The molecule has 32 heavy (non-hydrogen) atoms. The molecule has 0 unspecified atom stereocenters. The Bertz CT molecular complexity index is 1550. The first-order valence-corrected chi connectivity index (χ1v) is 10.5. The van der Waals surface area contributed by atoms with Crippen molar-refractivity contribution in [1.29, 1.82) is 0 Å². The molecule has 5 aromatic rings. The van der Waals surface area contributed by atoms with E-state index in [1.807, 2.05) is 18.2 Å². The fourth-order valence-electron chi connectivity index (χ4n) is 3.82. The topological polar surface area (TPSA) is 90.0 Å². The Labute approximate surface area is 182 Å². The Morgan fingerprint density at radius 1 is 0.969 bits per heavy atom. The van der Waals surface area contributed by atoms with E-state index in [1.165, 1.54) is 4.68 Å². The van der Waals surface area contributed by atoms with Crippen LogP contribution in [0.4, 0.5) is 5.69 Å². The number of nitrogens with one attached hydrogen (secondary N) is 1. The number of benzene rings is 3. The van der Waals surface area contributed by atoms with Gasteiger partial charge in [0.05, 0.1) is 11.1 Å². The summed E-state index contributed by atoms with van der Waals surface area (Å²) in [6, 6.07) is 21.4. The summed E-state index contributed by atoms with van der Waals surface area (Å²) in [6.07, 6.45) is 2.21. The fraction of sp³-hybridized carbons (Fsp3) is 0.120. The van der Waals surface area contributed by atoms with Gasteiger partial charge < -0.3 is 9.73 Å². The quantitative estimate of drug-likeness (QED) is 0.455. The molecular formula is C25H18N4O3. The van der Waals surface area contributed by atoms with Crippen molar-refractivity contribution in [2.24, 2.45) is 0 Å². The van der Waals surface area contributed by atoms with Crippen LogP contribution in [0.15, 0.2) is 82.0 Å². The van der Waals surface area contributed by atoms with E-state index in [4.69, 9.17) is 4.42 Å². The van der Waals surface area contributed by atoms with E-state index in [1.54, 1.807) is 54.6 Å². The monoisotopic (exact) mass is 422 g/mol. The summed E-state index contributed by atoms with van der Waals surface area (Å²) in [4.78, 5) is 30.8. The average Bonchev–Trinajstić information content (AvgIpc) is 3.59. The summed E-state index contributed by atoms with van der Waals surface area (Å²) < 4.78 is 7.06. The highest BCUT2D eigenvalue weighted by Gasteiger charge is 2.29. The van der Waals surface area contributed by atoms with E-state index in [2.05, 4.69) is 15.4 Å². The van der Waals surface area contributed by atoms with Gasteiger partial charge in [0.2, 0.25) is 0 Å². The van der Waals surface area contributed by atoms with Gasteiger partial charge in [0.15, 0.2) is 17.2 Å². The molecule has 7 heteroatoms. The van der Waals surface area contributed by atoms with Crippen molar-refractivity contribution in [1.82, 2.24) is 14.8 Å². The number of hydrogen-bond acceptors (Lipinski definition) is 5. The number of para-hydroxylation sites is 1. The van der Waals surface area contributed by atoms with Crippen molar-refractivity contribution in [2.75, 3.05) is 5.32 Å². The highest BCUT2D eigenvalue weighted by atomic mass is 16.3. The number of hydrogen-bond donors (Lipinski definition) is 1. The van der Waals surface area contributed by atoms with Crippen LogP contribution in [0.3, 0.4) is 0 Å². The standard InChI is InChI=1S/C25H18N4O3/c30-23(26-16-12-13-21-20(14-16)27-24(32-21)15-10-11-15)22-18-8-4-5-9-19(18)25(31)29(28-22)17-6-2-1-3-7-17/h1-9,12-15H,10-11H2,(H,26,30). The van der Waals surface area contributed by atoms with E-state index >= 15 is 0 Å². The molecular weight excluding hydrogens is 404 g/mol. The highest BCUT2D eigenvalue weighted by Crippen LogP contribution is 2.40. The van der Waals surface area contributed by atoms with E-state index < -0.39 is 5.91 Å². The van der Waals surface area contributed by atoms with Crippen LogP contribution >= 0.6 is 0 Å². The molecule has 0 bridgehead atoms. The lowest BCUT2D eigenvalue weighted by Crippen LogP contribution is -2.26. The number of carbonyl (C=O) groups is 1. The van der Waals surface area contributed by atoms with Crippen LogP contribution in [-0.2, 0) is 0 Å². The Morgan fingerprint density at radius 2 is 1.72 bits per heavy atom. The third-order valence-corrected chi connectivity index (χ3v) is 5.61. The third kappa shape index (κ3) is 3.15. The highest BCUT2D eigenvalue weighted by molar-refractivity contribution is 6.11. The van der Waals surface area contributed by atoms with Gasteiger partial charge in [-0.05, 0) is 49.2 Å². The Kier molecular flexibility index (Phi) is 4.14. The molecule has 2 aromatic heterocycles. The lowest BCUT2D eigenvalue weighted by atomic mass is 10.1. The van der Waals surface area contributed by atoms with Crippen LogP contribution in [0.1, 0.15) is 35.1 Å². The normalized spacial score (nSPS) is 13.5. The smallest absolute Gasteiger partial charge is 0.279 e. The largest absolute Gasteiger partial charge is 0.440 e. The molecule has 1 amide bonds. The first-order chi connectivity index (χ1) is 15.7. The fourth-order valence-corrected chi connectivity index (χ4v) is 3.82. The van der Waals surface area contributed by atoms with Crippen molar-refractivity contribution >= 4 is 33.5 Å². The number of fused-ring (bicyclic) bond motifs is 2. The maximum Gasteiger partial charge on any atom is 0.279 e. The summed E-state index contributed by atoms with van der Waals surface area (Å²) in [5.74, 6) is 0.761. The summed E-state index contributed by atoms with van der Waals surface area (Å²) in [5, 5.41) is 8.25. The molecule has 7 nitrogen and oxygen atoms in total. The maximum absolute atomic E-state index is 13.2. The maximum atomic E-state index is 13.2. The van der Waals surface area contributed by atoms with Gasteiger partial charge in [0.25, 0.3) is 11.5 Å². The zero-order valence-electron chi connectivity index (χ0n) is 17.0. The molecule has 1 fully saturated rings. The molecule has 0 aliphatic heterocycles. The van der Waals surface area contributed by atoms with Gasteiger partial charge in [-0.15, -0.1) is 0 Å². The van der Waals surface area contributed by atoms with E-state index in [9.17, 15) is 9.59 Å². The molecule has 0 radical (unpaired) electrons. The molecule has 3 aromatic carbocycles. The molecule has 6 rings (SSSR count). The first kappa shape index (κ1) is 18.5. The second-order valence-corrected chi connectivity index (χ2v) is 7.91. The summed E-state index contributed by atoms with van der Waals surface area (Å²) >= 11 is 0. The van der Waals surface area contributed by atoms with Crippen LogP contribution in [-0.4, -0.2) is 20.7 Å². The van der Waals surface area contributed by atoms with E-state index in [0.29, 0.717) is 39.2 Å². The molecule has 0 saturated heterocycles. The number of oxazole rings is 1. The predicted octanol–water partition coefficient (Wildman–Crippen LogP) is 4.66. The van der Waals surface area contributed by atoms with Gasteiger partial charge in [-0.2, -0.15) is 9.78 Å². The van der Waals surface area contributed by atoms with Gasteiger partial charge in [-0.1, -0.05) is 36.4 Å². The van der Waals surface area contributed by atoms with Crippen molar-refractivity contribution in [2.45, 2.75) is 18.8 Å². The summed E-state index contributed by atoms with van der Waals surface area (Å²) in [5.41, 5.74) is 2.47. The number of amides is 1. The lowest BCUT2D eigenvalue weighted by molar-refractivity contribution is 0.102. The predicted molar refractivity (Wildman–Crippen MR) is 121 cm³/mol. The van der Waals surface area contributed by atoms with Crippen molar-refractivity contribution in [3.8, 4) is 5.69 Å². The Balaban J connectivity index is 1.42. The Hall–Kier alpha value is -4.26. The van der Waals surface area contributed by atoms with Crippen LogP contribution in [0, 0.1) is 0 Å². The molecule has 156 valence electrons. The van der Waals surface area contributed by atoms with Gasteiger partial charge in [0.1, 0.15) is 5.52 Å². The number of carbonyl (C=O) groups excluding carboxylic acids is 1. The van der Waals surface area contributed by atoms with Gasteiger partial charge >= 0.3 is 0 Å². The van der Waals surface area contributed by atoms with Crippen molar-refractivity contribution < 1.29 is 9.21 Å². The van der Waals surface area contributed by atoms with E-state index in [0.717, 1.165) is 18.7 Å². The van der Waals surface area contributed by atoms with Crippen LogP contribution in [0.25, 0.3) is 27.6 Å². The molecule has 0 atom stereocenters. The lowest BCUT2D eigenvalue weighted by Gasteiger charge is -2.11. The third-order valence-electron chi connectivity index (χ3n) is 5.61. The van der Waals surface area contributed by atoms with Gasteiger partial charge in [-0.3, -0.25) is 9.59 Å². The number of aromatic nitrogens is 3.